The van der Waals surface area contributed by atoms with Crippen LogP contribution >= 0.6 is 0 Å². The van der Waals surface area contributed by atoms with Crippen molar-refractivity contribution in [2.24, 2.45) is 5.92 Å². The van der Waals surface area contributed by atoms with Crippen LogP contribution in [0.2, 0.25) is 0 Å². The van der Waals surface area contributed by atoms with Gasteiger partial charge in [0.25, 0.3) is 11.8 Å². The van der Waals surface area contributed by atoms with E-state index in [0.717, 1.165) is 10.5 Å². The summed E-state index contributed by atoms with van der Waals surface area (Å²) in [5.74, 6) is -1.90. The van der Waals surface area contributed by atoms with Crippen LogP contribution in [0.4, 0.5) is 0 Å². The van der Waals surface area contributed by atoms with Crippen molar-refractivity contribution in [3.8, 4) is 0 Å². The largest absolute Gasteiger partial charge is 0.481 e. The lowest BCUT2D eigenvalue weighted by Crippen LogP contribution is -2.45. The number of carbonyl (C=O) groups is 4. The summed E-state index contributed by atoms with van der Waals surface area (Å²) < 4.78 is 0. The van der Waals surface area contributed by atoms with Gasteiger partial charge in [0.2, 0.25) is 5.91 Å². The van der Waals surface area contributed by atoms with E-state index in [0.29, 0.717) is 37.1 Å². The van der Waals surface area contributed by atoms with Crippen molar-refractivity contribution >= 4 is 23.7 Å². The Labute approximate surface area is 145 Å². The maximum absolute atomic E-state index is 12.5. The number of piperidine rings is 1. The Morgan fingerprint density at radius 1 is 1.12 bits per heavy atom. The summed E-state index contributed by atoms with van der Waals surface area (Å²) in [4.78, 5) is 50.6. The van der Waals surface area contributed by atoms with Gasteiger partial charge in [-0.2, -0.15) is 0 Å². The van der Waals surface area contributed by atoms with Crippen LogP contribution in [0, 0.1) is 12.8 Å². The number of hydrogen-bond acceptors (Lipinski definition) is 4. The van der Waals surface area contributed by atoms with Crippen molar-refractivity contribution in [2.75, 3.05) is 19.6 Å². The molecule has 1 N–H and O–H groups in total. The summed E-state index contributed by atoms with van der Waals surface area (Å²) in [6, 6.07) is 5.05. The molecule has 132 valence electrons. The molecule has 0 unspecified atom stereocenters. The Hall–Kier alpha value is -2.70. The summed E-state index contributed by atoms with van der Waals surface area (Å²) in [5.41, 5.74) is 1.56. The van der Waals surface area contributed by atoms with Crippen molar-refractivity contribution in [1.29, 1.82) is 0 Å². The van der Waals surface area contributed by atoms with Gasteiger partial charge in [0.15, 0.2) is 0 Å². The molecule has 0 aliphatic carbocycles. The molecule has 7 nitrogen and oxygen atoms in total. The number of benzene rings is 1. The zero-order valence-electron chi connectivity index (χ0n) is 14.0. The van der Waals surface area contributed by atoms with Gasteiger partial charge in [-0.3, -0.25) is 24.1 Å². The van der Waals surface area contributed by atoms with Crippen LogP contribution in [0.1, 0.15) is 45.5 Å². The van der Waals surface area contributed by atoms with Gasteiger partial charge in [0, 0.05) is 19.5 Å². The molecule has 0 aromatic heterocycles. The minimum Gasteiger partial charge on any atom is -0.481 e. The number of carboxylic acid groups (broad SMARTS) is 1. The maximum Gasteiger partial charge on any atom is 0.303 e. The van der Waals surface area contributed by atoms with E-state index in [1.54, 1.807) is 23.1 Å². The second-order valence-corrected chi connectivity index (χ2v) is 6.67. The molecule has 3 amide bonds. The number of hydrogen-bond donors (Lipinski definition) is 1. The molecule has 1 aromatic carbocycles. The Bertz CT molecular complexity index is 750. The Kier molecular flexibility index (Phi) is 4.57. The molecular formula is C18H20N2O5. The minimum atomic E-state index is -0.828. The number of aryl methyl sites for hydroxylation is 1. The molecule has 7 heteroatoms. The van der Waals surface area contributed by atoms with E-state index in [4.69, 9.17) is 5.11 Å². The van der Waals surface area contributed by atoms with E-state index < -0.39 is 17.8 Å². The quantitative estimate of drug-likeness (QED) is 0.831. The van der Waals surface area contributed by atoms with Gasteiger partial charge in [-0.25, -0.2) is 0 Å². The van der Waals surface area contributed by atoms with E-state index in [1.165, 1.54) is 0 Å². The molecule has 2 aliphatic rings. The summed E-state index contributed by atoms with van der Waals surface area (Å²) in [5, 5.41) is 8.83. The fraction of sp³-hybridized carbons (Fsp3) is 0.444. The zero-order valence-corrected chi connectivity index (χ0v) is 14.0. The van der Waals surface area contributed by atoms with Crippen LogP contribution in [0.25, 0.3) is 0 Å². The summed E-state index contributed by atoms with van der Waals surface area (Å²) >= 11 is 0. The molecule has 1 fully saturated rings. The Balaban J connectivity index is 1.62. The van der Waals surface area contributed by atoms with Gasteiger partial charge in [0.1, 0.15) is 6.54 Å². The molecule has 0 atom stereocenters. The second-order valence-electron chi connectivity index (χ2n) is 6.67. The highest BCUT2D eigenvalue weighted by molar-refractivity contribution is 6.22. The summed E-state index contributed by atoms with van der Waals surface area (Å²) in [6.45, 7) is 2.49. The monoisotopic (exact) mass is 344 g/mol. The number of nitrogens with zero attached hydrogens (tertiary/aromatic N) is 2. The van der Waals surface area contributed by atoms with E-state index in [1.807, 2.05) is 6.92 Å². The Morgan fingerprint density at radius 2 is 1.76 bits per heavy atom. The first kappa shape index (κ1) is 17.1. The molecule has 2 heterocycles. The molecule has 0 saturated carbocycles. The molecule has 1 aromatic rings. The van der Waals surface area contributed by atoms with Gasteiger partial charge in [0.05, 0.1) is 11.1 Å². The maximum atomic E-state index is 12.5. The lowest BCUT2D eigenvalue weighted by Gasteiger charge is -2.32. The first-order valence-corrected chi connectivity index (χ1v) is 8.33. The van der Waals surface area contributed by atoms with Crippen LogP contribution < -0.4 is 0 Å². The molecular weight excluding hydrogens is 324 g/mol. The average molecular weight is 344 g/mol. The van der Waals surface area contributed by atoms with Crippen LogP contribution in [-0.4, -0.2) is 58.2 Å². The number of aliphatic carboxylic acids is 1. The number of likely N-dealkylation sites (tertiary alicyclic amines) is 1. The SMILES string of the molecule is Cc1ccc2c(c1)C(=O)N(CC(=O)N1CCC(CC(=O)O)CC1)C2=O. The predicted octanol–water partition coefficient (Wildman–Crippen LogP) is 1.30. The van der Waals surface area contributed by atoms with Crippen LogP contribution in [0.15, 0.2) is 18.2 Å². The van der Waals surface area contributed by atoms with E-state index in [-0.39, 0.29) is 24.8 Å². The number of rotatable bonds is 4. The lowest BCUT2D eigenvalue weighted by molar-refractivity contribution is -0.138. The molecule has 0 bridgehead atoms. The third-order valence-electron chi connectivity index (χ3n) is 4.85. The van der Waals surface area contributed by atoms with Gasteiger partial charge in [-0.15, -0.1) is 0 Å². The van der Waals surface area contributed by atoms with Gasteiger partial charge < -0.3 is 10.0 Å². The molecule has 0 spiro atoms. The van der Waals surface area contributed by atoms with Crippen molar-refractivity contribution in [3.63, 3.8) is 0 Å². The van der Waals surface area contributed by atoms with E-state index in [2.05, 4.69) is 0 Å². The number of amides is 3. The Morgan fingerprint density at radius 3 is 2.40 bits per heavy atom. The molecule has 2 aliphatic heterocycles. The van der Waals surface area contributed by atoms with Gasteiger partial charge >= 0.3 is 5.97 Å². The molecule has 3 rings (SSSR count). The highest BCUT2D eigenvalue weighted by atomic mass is 16.4. The normalized spacial score (nSPS) is 17.8. The average Bonchev–Trinajstić information content (AvgIpc) is 2.79. The van der Waals surface area contributed by atoms with Gasteiger partial charge in [-0.05, 0) is 37.8 Å². The first-order valence-electron chi connectivity index (χ1n) is 8.33. The van der Waals surface area contributed by atoms with E-state index in [9.17, 15) is 19.2 Å². The third-order valence-corrected chi connectivity index (χ3v) is 4.85. The predicted molar refractivity (Wildman–Crippen MR) is 88.1 cm³/mol. The zero-order chi connectivity index (χ0) is 18.1. The van der Waals surface area contributed by atoms with Crippen LogP contribution in [-0.2, 0) is 9.59 Å². The lowest BCUT2D eigenvalue weighted by atomic mass is 9.93. The number of imide groups is 1. The van der Waals surface area contributed by atoms with Crippen molar-refractivity contribution in [2.45, 2.75) is 26.2 Å². The topological polar surface area (TPSA) is 95.0 Å². The van der Waals surface area contributed by atoms with E-state index >= 15 is 0 Å². The fourth-order valence-electron chi connectivity index (χ4n) is 3.42. The van der Waals surface area contributed by atoms with Crippen molar-refractivity contribution in [3.05, 3.63) is 34.9 Å². The fourth-order valence-corrected chi connectivity index (χ4v) is 3.42. The molecule has 0 radical (unpaired) electrons. The summed E-state index contributed by atoms with van der Waals surface area (Å²) in [6.07, 6.45) is 1.36. The number of carboxylic acids is 1. The number of carbonyl (C=O) groups excluding carboxylic acids is 3. The number of fused-ring (bicyclic) bond motifs is 1. The highest BCUT2D eigenvalue weighted by Crippen LogP contribution is 2.25. The first-order chi connectivity index (χ1) is 11.9. The highest BCUT2D eigenvalue weighted by Gasteiger charge is 2.37. The van der Waals surface area contributed by atoms with Crippen LogP contribution in [0.5, 0.6) is 0 Å². The standard InChI is InChI=1S/C18H20N2O5/c1-11-2-3-13-14(8-11)18(25)20(17(13)24)10-15(21)19-6-4-12(5-7-19)9-16(22)23/h2-3,8,12H,4-7,9-10H2,1H3,(H,22,23). The third kappa shape index (κ3) is 3.40. The smallest absolute Gasteiger partial charge is 0.303 e. The molecule has 25 heavy (non-hydrogen) atoms. The van der Waals surface area contributed by atoms with Crippen LogP contribution in [0.3, 0.4) is 0 Å². The second kappa shape index (κ2) is 6.66. The van der Waals surface area contributed by atoms with Gasteiger partial charge in [-0.1, -0.05) is 11.6 Å². The summed E-state index contributed by atoms with van der Waals surface area (Å²) in [7, 11) is 0. The van der Waals surface area contributed by atoms with Crippen molar-refractivity contribution in [1.82, 2.24) is 9.80 Å². The van der Waals surface area contributed by atoms with Crippen molar-refractivity contribution < 1.29 is 24.3 Å². The minimum absolute atomic E-state index is 0.0730. The molecule has 1 saturated heterocycles.